The van der Waals surface area contributed by atoms with Crippen molar-refractivity contribution < 1.29 is 9.47 Å². The fourth-order valence-corrected chi connectivity index (χ4v) is 2.64. The van der Waals surface area contributed by atoms with Crippen molar-refractivity contribution in [3.05, 3.63) is 22.8 Å². The molecule has 1 aliphatic heterocycles. The zero-order valence-corrected chi connectivity index (χ0v) is 11.1. The highest BCUT2D eigenvalue weighted by Gasteiger charge is 2.19. The average Bonchev–Trinajstić information content (AvgIpc) is 2.95. The molecular formula is C12H13BrN2O2. The van der Waals surface area contributed by atoms with Crippen LogP contribution in [0.3, 0.4) is 0 Å². The second-order valence-electron chi connectivity index (χ2n) is 4.17. The van der Waals surface area contributed by atoms with Crippen LogP contribution < -0.4 is 4.74 Å². The number of ether oxygens (including phenoxy) is 2. The third kappa shape index (κ3) is 1.93. The van der Waals surface area contributed by atoms with Crippen LogP contribution >= 0.6 is 15.9 Å². The number of halogens is 1. The second kappa shape index (κ2) is 4.31. The molecular weight excluding hydrogens is 284 g/mol. The van der Waals surface area contributed by atoms with E-state index in [2.05, 4.69) is 27.2 Å². The Morgan fingerprint density at radius 3 is 3.12 bits per heavy atom. The Labute approximate surface area is 108 Å². The summed E-state index contributed by atoms with van der Waals surface area (Å²) >= 11 is 3.48. The first-order valence-electron chi connectivity index (χ1n) is 5.58. The van der Waals surface area contributed by atoms with Crippen LogP contribution in [0.25, 0.3) is 10.9 Å². The normalized spacial score (nSPS) is 20.0. The van der Waals surface area contributed by atoms with Gasteiger partial charge in [0.1, 0.15) is 5.75 Å². The van der Waals surface area contributed by atoms with Crippen molar-refractivity contribution in [1.82, 2.24) is 9.78 Å². The van der Waals surface area contributed by atoms with Gasteiger partial charge in [0.05, 0.1) is 29.7 Å². The van der Waals surface area contributed by atoms with E-state index < -0.39 is 0 Å². The number of aromatic nitrogens is 2. The van der Waals surface area contributed by atoms with Gasteiger partial charge in [-0.2, -0.15) is 5.10 Å². The molecule has 1 aromatic heterocycles. The zero-order valence-electron chi connectivity index (χ0n) is 9.52. The third-order valence-corrected chi connectivity index (χ3v) is 3.70. The molecule has 2 heterocycles. The maximum absolute atomic E-state index is 5.38. The summed E-state index contributed by atoms with van der Waals surface area (Å²) in [6, 6.07) is 4.35. The summed E-state index contributed by atoms with van der Waals surface area (Å²) < 4.78 is 13.6. The van der Waals surface area contributed by atoms with Crippen LogP contribution in [0.1, 0.15) is 12.5 Å². The minimum atomic E-state index is 0.368. The number of hydrogen-bond donors (Lipinski definition) is 0. The van der Waals surface area contributed by atoms with Crippen molar-refractivity contribution in [3.63, 3.8) is 0 Å². The molecule has 1 aliphatic rings. The van der Waals surface area contributed by atoms with E-state index in [1.54, 1.807) is 7.11 Å². The molecule has 1 unspecified atom stereocenters. The number of rotatable bonds is 2. The van der Waals surface area contributed by atoms with Gasteiger partial charge in [0.25, 0.3) is 0 Å². The van der Waals surface area contributed by atoms with Crippen LogP contribution in [0.5, 0.6) is 5.75 Å². The van der Waals surface area contributed by atoms with Crippen LogP contribution in [-0.4, -0.2) is 30.1 Å². The first kappa shape index (κ1) is 11.0. The van der Waals surface area contributed by atoms with Gasteiger partial charge in [-0.1, -0.05) is 0 Å². The fourth-order valence-electron chi connectivity index (χ4n) is 2.12. The molecule has 4 nitrogen and oxygen atoms in total. The van der Waals surface area contributed by atoms with Crippen LogP contribution in [-0.2, 0) is 4.74 Å². The SMILES string of the molecule is COc1cc2nn(C3CCOC3)cc2cc1Br. The fraction of sp³-hybridized carbons (Fsp3) is 0.417. The first-order valence-corrected chi connectivity index (χ1v) is 6.37. The number of nitrogens with zero attached hydrogens (tertiary/aromatic N) is 2. The van der Waals surface area contributed by atoms with Crippen molar-refractivity contribution in [1.29, 1.82) is 0 Å². The Hall–Kier alpha value is -1.07. The second-order valence-corrected chi connectivity index (χ2v) is 5.03. The van der Waals surface area contributed by atoms with Crippen LogP contribution in [0, 0.1) is 0 Å². The molecule has 2 aromatic rings. The van der Waals surface area contributed by atoms with Crippen molar-refractivity contribution in [2.75, 3.05) is 20.3 Å². The number of fused-ring (bicyclic) bond motifs is 1. The highest BCUT2D eigenvalue weighted by molar-refractivity contribution is 9.10. The summed E-state index contributed by atoms with van der Waals surface area (Å²) in [6.07, 6.45) is 3.10. The molecule has 0 bridgehead atoms. The number of methoxy groups -OCH3 is 1. The summed E-state index contributed by atoms with van der Waals surface area (Å²) in [4.78, 5) is 0. The van der Waals surface area contributed by atoms with E-state index in [1.165, 1.54) is 0 Å². The Balaban J connectivity index is 2.05. The van der Waals surface area contributed by atoms with Gasteiger partial charge in [0, 0.05) is 24.3 Å². The van der Waals surface area contributed by atoms with Gasteiger partial charge in [-0.15, -0.1) is 0 Å². The Morgan fingerprint density at radius 1 is 1.53 bits per heavy atom. The van der Waals surface area contributed by atoms with E-state index in [0.717, 1.165) is 40.8 Å². The largest absolute Gasteiger partial charge is 0.495 e. The molecule has 17 heavy (non-hydrogen) atoms. The molecule has 1 aromatic carbocycles. The molecule has 90 valence electrons. The summed E-state index contributed by atoms with van der Waals surface area (Å²) in [5.41, 5.74) is 0.956. The van der Waals surface area contributed by atoms with Gasteiger partial charge in [-0.05, 0) is 28.4 Å². The van der Waals surface area contributed by atoms with Crippen LogP contribution in [0.4, 0.5) is 0 Å². The molecule has 3 rings (SSSR count). The minimum Gasteiger partial charge on any atom is -0.495 e. The van der Waals surface area contributed by atoms with Crippen molar-refractivity contribution in [2.24, 2.45) is 0 Å². The van der Waals surface area contributed by atoms with Crippen molar-refractivity contribution in [2.45, 2.75) is 12.5 Å². The van der Waals surface area contributed by atoms with E-state index in [-0.39, 0.29) is 0 Å². The summed E-state index contributed by atoms with van der Waals surface area (Å²) in [6.45, 7) is 1.58. The zero-order chi connectivity index (χ0) is 11.8. The van der Waals surface area contributed by atoms with Crippen molar-refractivity contribution >= 4 is 26.8 Å². The van der Waals surface area contributed by atoms with Gasteiger partial charge in [-0.25, -0.2) is 0 Å². The van der Waals surface area contributed by atoms with Gasteiger partial charge in [-0.3, -0.25) is 4.68 Å². The average molecular weight is 297 g/mol. The lowest BCUT2D eigenvalue weighted by molar-refractivity contribution is 0.184. The van der Waals surface area contributed by atoms with Gasteiger partial charge in [0.15, 0.2) is 0 Å². The summed E-state index contributed by atoms with van der Waals surface area (Å²) in [5, 5.41) is 5.70. The quantitative estimate of drug-likeness (QED) is 0.855. The standard InChI is InChI=1S/C12H13BrN2O2/c1-16-12-5-11-8(4-10(12)13)6-15(14-11)9-2-3-17-7-9/h4-6,9H,2-3,7H2,1H3. The molecule has 0 spiro atoms. The minimum absolute atomic E-state index is 0.368. The lowest BCUT2D eigenvalue weighted by atomic mass is 10.2. The van der Waals surface area contributed by atoms with Gasteiger partial charge < -0.3 is 9.47 Å². The molecule has 1 saturated heterocycles. The Kier molecular flexibility index (Phi) is 2.80. The Bertz CT molecular complexity index is 547. The molecule has 0 radical (unpaired) electrons. The molecule has 5 heteroatoms. The van der Waals surface area contributed by atoms with E-state index >= 15 is 0 Å². The number of hydrogen-bond acceptors (Lipinski definition) is 3. The summed E-state index contributed by atoms with van der Waals surface area (Å²) in [5.74, 6) is 0.811. The lowest BCUT2D eigenvalue weighted by Crippen LogP contribution is -2.08. The lowest BCUT2D eigenvalue weighted by Gasteiger charge is -2.06. The summed E-state index contributed by atoms with van der Waals surface area (Å²) in [7, 11) is 1.66. The van der Waals surface area contributed by atoms with E-state index in [9.17, 15) is 0 Å². The van der Waals surface area contributed by atoms with E-state index in [0.29, 0.717) is 6.04 Å². The maximum Gasteiger partial charge on any atom is 0.135 e. The predicted molar refractivity (Wildman–Crippen MR) is 68.5 cm³/mol. The highest BCUT2D eigenvalue weighted by atomic mass is 79.9. The molecule has 0 amide bonds. The molecule has 0 N–H and O–H groups in total. The van der Waals surface area contributed by atoms with Gasteiger partial charge >= 0.3 is 0 Å². The molecule has 1 fully saturated rings. The Morgan fingerprint density at radius 2 is 2.41 bits per heavy atom. The van der Waals surface area contributed by atoms with Crippen molar-refractivity contribution in [3.8, 4) is 5.75 Å². The van der Waals surface area contributed by atoms with Gasteiger partial charge in [0.2, 0.25) is 0 Å². The smallest absolute Gasteiger partial charge is 0.135 e. The van der Waals surface area contributed by atoms with E-state index in [4.69, 9.17) is 9.47 Å². The molecule has 1 atom stereocenters. The highest BCUT2D eigenvalue weighted by Crippen LogP contribution is 2.30. The first-order chi connectivity index (χ1) is 8.28. The maximum atomic E-state index is 5.38. The molecule has 0 aliphatic carbocycles. The number of benzene rings is 1. The van der Waals surface area contributed by atoms with Crippen LogP contribution in [0.2, 0.25) is 0 Å². The van der Waals surface area contributed by atoms with Crippen LogP contribution in [0.15, 0.2) is 22.8 Å². The topological polar surface area (TPSA) is 36.3 Å². The molecule has 0 saturated carbocycles. The monoisotopic (exact) mass is 296 g/mol. The predicted octanol–water partition coefficient (Wildman–Crippen LogP) is 2.77. The van der Waals surface area contributed by atoms with E-state index in [1.807, 2.05) is 16.8 Å². The third-order valence-electron chi connectivity index (χ3n) is 3.08.